The van der Waals surface area contributed by atoms with E-state index < -0.39 is 0 Å². The van der Waals surface area contributed by atoms with Crippen molar-refractivity contribution in [2.75, 3.05) is 20.2 Å². The second kappa shape index (κ2) is 8.31. The van der Waals surface area contributed by atoms with Crippen molar-refractivity contribution in [3.05, 3.63) is 41.3 Å². The van der Waals surface area contributed by atoms with Gasteiger partial charge in [-0.05, 0) is 31.9 Å². The zero-order chi connectivity index (χ0) is 18.5. The van der Waals surface area contributed by atoms with Crippen LogP contribution in [0.2, 0.25) is 0 Å². The van der Waals surface area contributed by atoms with Crippen molar-refractivity contribution < 1.29 is 9.53 Å². The summed E-state index contributed by atoms with van der Waals surface area (Å²) in [5.74, 6) is 0.721. The van der Waals surface area contributed by atoms with Gasteiger partial charge in [0.05, 0.1) is 12.8 Å². The highest BCUT2D eigenvalue weighted by Gasteiger charge is 2.23. The summed E-state index contributed by atoms with van der Waals surface area (Å²) in [5.41, 5.74) is 3.24. The highest BCUT2D eigenvalue weighted by Crippen LogP contribution is 2.15. The van der Waals surface area contributed by atoms with Gasteiger partial charge in [0.1, 0.15) is 0 Å². The van der Waals surface area contributed by atoms with Gasteiger partial charge in [-0.2, -0.15) is 5.10 Å². The number of likely N-dealkylation sites (tertiary alicyclic amines) is 1. The van der Waals surface area contributed by atoms with Crippen LogP contribution in [0.25, 0.3) is 0 Å². The molecule has 7 nitrogen and oxygen atoms in total. The molecular formula is C19H27N5O2. The van der Waals surface area contributed by atoms with Gasteiger partial charge in [0, 0.05) is 56.6 Å². The Balaban J connectivity index is 1.42. The molecule has 0 radical (unpaired) electrons. The van der Waals surface area contributed by atoms with E-state index in [9.17, 15) is 4.79 Å². The van der Waals surface area contributed by atoms with Crippen LogP contribution in [0.4, 0.5) is 0 Å². The number of aryl methyl sites for hydroxylation is 3. The number of carbonyl (C=O) groups is 1. The minimum Gasteiger partial charge on any atom is -0.481 e. The number of nitrogens with zero attached hydrogens (tertiary/aromatic N) is 4. The van der Waals surface area contributed by atoms with Crippen molar-refractivity contribution in [3.8, 4) is 5.88 Å². The van der Waals surface area contributed by atoms with Gasteiger partial charge < -0.3 is 10.1 Å². The first kappa shape index (κ1) is 18.4. The van der Waals surface area contributed by atoms with E-state index in [0.717, 1.165) is 43.0 Å². The minimum atomic E-state index is 0.0931. The Morgan fingerprint density at radius 3 is 2.88 bits per heavy atom. The summed E-state index contributed by atoms with van der Waals surface area (Å²) in [6.07, 6.45) is 3.29. The fraction of sp³-hybridized carbons (Fsp3) is 0.526. The Kier molecular flexibility index (Phi) is 5.88. The summed E-state index contributed by atoms with van der Waals surface area (Å²) >= 11 is 0. The fourth-order valence-electron chi connectivity index (χ4n) is 3.39. The molecule has 7 heteroatoms. The number of pyridine rings is 1. The van der Waals surface area contributed by atoms with Crippen molar-refractivity contribution in [3.63, 3.8) is 0 Å². The normalized spacial score (nSPS) is 17.4. The SMILES string of the molecule is COc1ccc(CN2CCC(NC(=O)CCn3nc(C)cc3C)C2)cn1. The lowest BCUT2D eigenvalue weighted by Crippen LogP contribution is -2.37. The first-order valence-corrected chi connectivity index (χ1v) is 9.05. The molecule has 1 unspecified atom stereocenters. The number of amides is 1. The molecule has 26 heavy (non-hydrogen) atoms. The van der Waals surface area contributed by atoms with E-state index in [4.69, 9.17) is 4.74 Å². The standard InChI is InChI=1S/C19H27N5O2/c1-14-10-15(2)24(22-14)9-7-18(25)21-17-6-8-23(13-17)12-16-4-5-19(26-3)20-11-16/h4-5,10-11,17H,6-9,12-13H2,1-3H3,(H,21,25). The lowest BCUT2D eigenvalue weighted by molar-refractivity contribution is -0.122. The van der Waals surface area contributed by atoms with E-state index in [1.165, 1.54) is 0 Å². The maximum atomic E-state index is 12.2. The van der Waals surface area contributed by atoms with Gasteiger partial charge in [-0.15, -0.1) is 0 Å². The number of nitrogens with one attached hydrogen (secondary N) is 1. The van der Waals surface area contributed by atoms with Gasteiger partial charge in [0.2, 0.25) is 11.8 Å². The summed E-state index contributed by atoms with van der Waals surface area (Å²) in [5, 5.41) is 7.55. The molecule has 1 atom stereocenters. The fourth-order valence-corrected chi connectivity index (χ4v) is 3.39. The third kappa shape index (κ3) is 4.82. The molecule has 3 heterocycles. The van der Waals surface area contributed by atoms with Crippen molar-refractivity contribution >= 4 is 5.91 Å². The molecule has 0 aromatic carbocycles. The van der Waals surface area contributed by atoms with Gasteiger partial charge in [0.25, 0.3) is 0 Å². The van der Waals surface area contributed by atoms with Gasteiger partial charge in [-0.1, -0.05) is 6.07 Å². The maximum Gasteiger partial charge on any atom is 0.222 e. The molecule has 0 spiro atoms. The molecular weight excluding hydrogens is 330 g/mol. The van der Waals surface area contributed by atoms with Crippen LogP contribution in [-0.2, 0) is 17.9 Å². The number of hydrogen-bond acceptors (Lipinski definition) is 5. The summed E-state index contributed by atoms with van der Waals surface area (Å²) < 4.78 is 6.98. The molecule has 0 aliphatic carbocycles. The molecule has 3 rings (SSSR count). The minimum absolute atomic E-state index is 0.0931. The van der Waals surface area contributed by atoms with Gasteiger partial charge >= 0.3 is 0 Å². The van der Waals surface area contributed by atoms with Crippen molar-refractivity contribution in [1.82, 2.24) is 25.0 Å². The average molecular weight is 357 g/mol. The molecule has 1 fully saturated rings. The Bertz CT molecular complexity index is 741. The molecule has 1 aliphatic rings. The summed E-state index contributed by atoms with van der Waals surface area (Å²) in [4.78, 5) is 18.8. The molecule has 1 amide bonds. The Morgan fingerprint density at radius 1 is 1.38 bits per heavy atom. The van der Waals surface area contributed by atoms with E-state index in [2.05, 4.69) is 20.3 Å². The molecule has 0 bridgehead atoms. The highest BCUT2D eigenvalue weighted by atomic mass is 16.5. The van der Waals surface area contributed by atoms with Crippen molar-refractivity contribution in [1.29, 1.82) is 0 Å². The van der Waals surface area contributed by atoms with E-state index in [0.29, 0.717) is 18.8 Å². The van der Waals surface area contributed by atoms with Crippen LogP contribution < -0.4 is 10.1 Å². The summed E-state index contributed by atoms with van der Waals surface area (Å²) in [7, 11) is 1.62. The second-order valence-electron chi connectivity index (χ2n) is 6.90. The van der Waals surface area contributed by atoms with Crippen LogP contribution in [0.5, 0.6) is 5.88 Å². The van der Waals surface area contributed by atoms with Gasteiger partial charge in [-0.3, -0.25) is 14.4 Å². The lowest BCUT2D eigenvalue weighted by atomic mass is 10.2. The molecule has 2 aromatic heterocycles. The number of aromatic nitrogens is 3. The highest BCUT2D eigenvalue weighted by molar-refractivity contribution is 5.76. The predicted molar refractivity (Wildman–Crippen MR) is 98.9 cm³/mol. The summed E-state index contributed by atoms with van der Waals surface area (Å²) in [6.45, 7) is 7.30. The van der Waals surface area contributed by atoms with Crippen molar-refractivity contribution in [2.45, 2.75) is 45.8 Å². The molecule has 2 aromatic rings. The number of hydrogen-bond donors (Lipinski definition) is 1. The molecule has 1 aliphatic heterocycles. The van der Waals surface area contributed by atoms with Crippen molar-refractivity contribution in [2.24, 2.45) is 0 Å². The number of rotatable bonds is 7. The first-order valence-electron chi connectivity index (χ1n) is 9.05. The predicted octanol–water partition coefficient (Wildman–Crippen LogP) is 1.68. The maximum absolute atomic E-state index is 12.2. The Morgan fingerprint density at radius 2 is 2.23 bits per heavy atom. The van der Waals surface area contributed by atoms with Crippen LogP contribution in [-0.4, -0.2) is 51.8 Å². The number of methoxy groups -OCH3 is 1. The van der Waals surface area contributed by atoms with E-state index in [1.807, 2.05) is 42.9 Å². The smallest absolute Gasteiger partial charge is 0.222 e. The number of carbonyl (C=O) groups excluding carboxylic acids is 1. The van der Waals surface area contributed by atoms with E-state index in [1.54, 1.807) is 7.11 Å². The van der Waals surface area contributed by atoms with Gasteiger partial charge in [-0.25, -0.2) is 4.98 Å². The molecule has 1 N–H and O–H groups in total. The molecule has 1 saturated heterocycles. The average Bonchev–Trinajstić information content (AvgIpc) is 3.19. The zero-order valence-electron chi connectivity index (χ0n) is 15.7. The summed E-state index contributed by atoms with van der Waals surface area (Å²) in [6, 6.07) is 6.16. The van der Waals surface area contributed by atoms with E-state index >= 15 is 0 Å². The third-order valence-electron chi connectivity index (χ3n) is 4.70. The van der Waals surface area contributed by atoms with Crippen LogP contribution in [0, 0.1) is 13.8 Å². The largest absolute Gasteiger partial charge is 0.481 e. The zero-order valence-corrected chi connectivity index (χ0v) is 15.7. The Hall–Kier alpha value is -2.41. The monoisotopic (exact) mass is 357 g/mol. The molecule has 0 saturated carbocycles. The lowest BCUT2D eigenvalue weighted by Gasteiger charge is -2.17. The van der Waals surface area contributed by atoms with Crippen LogP contribution in [0.1, 0.15) is 29.8 Å². The van der Waals surface area contributed by atoms with E-state index in [-0.39, 0.29) is 11.9 Å². The molecule has 140 valence electrons. The Labute approximate surface area is 154 Å². The first-order chi connectivity index (χ1) is 12.5. The van der Waals surface area contributed by atoms with Crippen LogP contribution in [0.15, 0.2) is 24.4 Å². The van der Waals surface area contributed by atoms with Gasteiger partial charge in [0.15, 0.2) is 0 Å². The van der Waals surface area contributed by atoms with Crippen LogP contribution in [0.3, 0.4) is 0 Å². The number of ether oxygens (including phenoxy) is 1. The quantitative estimate of drug-likeness (QED) is 0.816. The second-order valence-corrected chi connectivity index (χ2v) is 6.90. The third-order valence-corrected chi connectivity index (χ3v) is 4.70. The topological polar surface area (TPSA) is 72.3 Å². The van der Waals surface area contributed by atoms with Crippen LogP contribution >= 0.6 is 0 Å².